The molecular formula is C24H33N5O3S. The Hall–Kier alpha value is -2.65. The minimum absolute atomic E-state index is 0.0878. The van der Waals surface area contributed by atoms with Crippen LogP contribution in [-0.4, -0.2) is 63.5 Å². The quantitative estimate of drug-likeness (QED) is 0.696. The maximum absolute atomic E-state index is 13.5. The van der Waals surface area contributed by atoms with Gasteiger partial charge in [-0.15, -0.1) is 0 Å². The summed E-state index contributed by atoms with van der Waals surface area (Å²) >= 11 is 0. The molecule has 1 aromatic carbocycles. The number of pyridine rings is 1. The van der Waals surface area contributed by atoms with Crippen molar-refractivity contribution in [2.45, 2.75) is 38.5 Å². The number of rotatable bonds is 5. The van der Waals surface area contributed by atoms with Gasteiger partial charge in [0.15, 0.2) is 0 Å². The molecule has 8 nitrogen and oxygen atoms in total. The number of aromatic nitrogens is 1. The van der Waals surface area contributed by atoms with Gasteiger partial charge < -0.3 is 15.1 Å². The number of carbonyl (C=O) groups is 1. The molecule has 0 atom stereocenters. The molecule has 2 aliphatic heterocycles. The van der Waals surface area contributed by atoms with Crippen molar-refractivity contribution in [3.05, 3.63) is 47.2 Å². The number of hydrogen-bond donors (Lipinski definition) is 2. The molecule has 1 amide bonds. The van der Waals surface area contributed by atoms with Crippen molar-refractivity contribution in [3.63, 3.8) is 0 Å². The highest BCUT2D eigenvalue weighted by Crippen LogP contribution is 2.27. The van der Waals surface area contributed by atoms with E-state index < -0.39 is 10.0 Å². The van der Waals surface area contributed by atoms with E-state index in [9.17, 15) is 13.2 Å². The lowest BCUT2D eigenvalue weighted by Crippen LogP contribution is -2.45. The number of hydrogen-bond acceptors (Lipinski definition) is 6. The first-order chi connectivity index (χ1) is 15.7. The zero-order valence-corrected chi connectivity index (χ0v) is 20.4. The van der Waals surface area contributed by atoms with E-state index in [2.05, 4.69) is 26.8 Å². The van der Waals surface area contributed by atoms with Gasteiger partial charge in [-0.25, -0.2) is 13.4 Å². The second kappa shape index (κ2) is 9.69. The zero-order chi connectivity index (χ0) is 23.6. The number of sulfonamides is 1. The fourth-order valence-corrected chi connectivity index (χ4v) is 5.40. The smallest absolute Gasteiger partial charge is 0.261 e. The molecule has 178 valence electrons. The zero-order valence-electron chi connectivity index (χ0n) is 19.6. The lowest BCUT2D eigenvalue weighted by Gasteiger charge is -2.33. The highest BCUT2D eigenvalue weighted by atomic mass is 32.2. The standard InChI is InChI=1S/C24H33N5O3S/c1-17-6-10-29(11-7-17)24(30)22-15-20(16-26-23(22)28-12-8-25-9-13-28)27-33(31,32)21-5-4-18(2)19(3)14-21/h4-5,14-17,25,27H,6-13H2,1-3H3. The summed E-state index contributed by atoms with van der Waals surface area (Å²) in [6.45, 7) is 10.6. The van der Waals surface area contributed by atoms with Crippen LogP contribution in [0.2, 0.25) is 0 Å². The van der Waals surface area contributed by atoms with Crippen LogP contribution in [0.5, 0.6) is 0 Å². The number of amides is 1. The van der Waals surface area contributed by atoms with Gasteiger partial charge in [0.1, 0.15) is 5.82 Å². The van der Waals surface area contributed by atoms with Crippen molar-refractivity contribution < 1.29 is 13.2 Å². The van der Waals surface area contributed by atoms with Gasteiger partial charge in [0.2, 0.25) is 0 Å². The fraction of sp³-hybridized carbons (Fsp3) is 0.500. The normalized spacial score (nSPS) is 17.8. The Morgan fingerprint density at radius 2 is 1.76 bits per heavy atom. The van der Waals surface area contributed by atoms with Gasteiger partial charge in [-0.1, -0.05) is 13.0 Å². The first-order valence-corrected chi connectivity index (χ1v) is 13.1. The van der Waals surface area contributed by atoms with Gasteiger partial charge in [-0.2, -0.15) is 0 Å². The van der Waals surface area contributed by atoms with Crippen molar-refractivity contribution in [1.29, 1.82) is 0 Å². The first-order valence-electron chi connectivity index (χ1n) is 11.6. The summed E-state index contributed by atoms with van der Waals surface area (Å²) in [7, 11) is -3.80. The summed E-state index contributed by atoms with van der Waals surface area (Å²) in [5.41, 5.74) is 2.67. The predicted octanol–water partition coefficient (Wildman–Crippen LogP) is 2.78. The third kappa shape index (κ3) is 5.30. The number of nitrogens with one attached hydrogen (secondary N) is 2. The Morgan fingerprint density at radius 1 is 1.06 bits per heavy atom. The summed E-state index contributed by atoms with van der Waals surface area (Å²) in [5, 5.41) is 3.31. The Balaban J connectivity index is 1.65. The molecule has 2 saturated heterocycles. The van der Waals surface area contributed by atoms with E-state index in [-0.39, 0.29) is 10.8 Å². The topological polar surface area (TPSA) is 94.6 Å². The number of benzene rings is 1. The van der Waals surface area contributed by atoms with Crippen LogP contribution in [0.4, 0.5) is 11.5 Å². The monoisotopic (exact) mass is 471 g/mol. The first kappa shape index (κ1) is 23.5. The van der Waals surface area contributed by atoms with Crippen molar-refractivity contribution in [2.75, 3.05) is 48.9 Å². The van der Waals surface area contributed by atoms with Gasteiger partial charge in [-0.3, -0.25) is 9.52 Å². The molecule has 4 rings (SSSR count). The minimum atomic E-state index is -3.80. The number of piperazine rings is 1. The molecule has 2 aromatic rings. The predicted molar refractivity (Wildman–Crippen MR) is 130 cm³/mol. The number of aryl methyl sites for hydroxylation is 2. The van der Waals surface area contributed by atoms with Crippen LogP contribution in [0.1, 0.15) is 41.3 Å². The van der Waals surface area contributed by atoms with Gasteiger partial charge in [-0.05, 0) is 61.9 Å². The van der Waals surface area contributed by atoms with Crippen LogP contribution in [0.3, 0.4) is 0 Å². The maximum Gasteiger partial charge on any atom is 0.261 e. The van der Waals surface area contributed by atoms with Crippen LogP contribution in [0.15, 0.2) is 35.4 Å². The molecule has 0 saturated carbocycles. The molecule has 1 aromatic heterocycles. The number of carbonyl (C=O) groups excluding carboxylic acids is 1. The summed E-state index contributed by atoms with van der Waals surface area (Å²) in [5.74, 6) is 1.14. The van der Waals surface area contributed by atoms with E-state index in [1.54, 1.807) is 24.3 Å². The van der Waals surface area contributed by atoms with E-state index in [1.165, 1.54) is 6.20 Å². The van der Waals surface area contributed by atoms with Crippen molar-refractivity contribution in [1.82, 2.24) is 15.2 Å². The number of anilines is 2. The van der Waals surface area contributed by atoms with E-state index >= 15 is 0 Å². The van der Waals surface area contributed by atoms with E-state index in [1.807, 2.05) is 18.7 Å². The summed E-state index contributed by atoms with van der Waals surface area (Å²) in [6.07, 6.45) is 3.45. The van der Waals surface area contributed by atoms with Gasteiger partial charge in [0.05, 0.1) is 22.3 Å². The summed E-state index contributed by atoms with van der Waals surface area (Å²) in [6, 6.07) is 6.68. The molecule has 2 fully saturated rings. The van der Waals surface area contributed by atoms with Crippen molar-refractivity contribution in [2.24, 2.45) is 5.92 Å². The Morgan fingerprint density at radius 3 is 2.42 bits per heavy atom. The second-order valence-electron chi connectivity index (χ2n) is 9.16. The molecule has 0 radical (unpaired) electrons. The lowest BCUT2D eigenvalue weighted by atomic mass is 9.98. The van der Waals surface area contributed by atoms with E-state index in [0.29, 0.717) is 36.1 Å². The Labute approximate surface area is 196 Å². The van der Waals surface area contributed by atoms with Crippen LogP contribution in [0.25, 0.3) is 0 Å². The molecule has 9 heteroatoms. The van der Waals surface area contributed by atoms with E-state index in [4.69, 9.17) is 0 Å². The van der Waals surface area contributed by atoms with Crippen LogP contribution in [0, 0.1) is 19.8 Å². The number of likely N-dealkylation sites (tertiary alicyclic amines) is 1. The molecule has 0 bridgehead atoms. The van der Waals surface area contributed by atoms with Crippen LogP contribution >= 0.6 is 0 Å². The summed E-state index contributed by atoms with van der Waals surface area (Å²) in [4.78, 5) is 22.2. The summed E-state index contributed by atoms with van der Waals surface area (Å²) < 4.78 is 28.7. The highest BCUT2D eigenvalue weighted by Gasteiger charge is 2.27. The minimum Gasteiger partial charge on any atom is -0.353 e. The number of nitrogens with zero attached hydrogens (tertiary/aromatic N) is 3. The molecular weight excluding hydrogens is 438 g/mol. The average molecular weight is 472 g/mol. The van der Waals surface area contributed by atoms with Gasteiger partial charge >= 0.3 is 0 Å². The molecule has 2 N–H and O–H groups in total. The van der Waals surface area contributed by atoms with Crippen molar-refractivity contribution >= 4 is 27.4 Å². The third-order valence-electron chi connectivity index (χ3n) is 6.63. The molecule has 3 heterocycles. The van der Waals surface area contributed by atoms with Gasteiger partial charge in [0, 0.05) is 39.3 Å². The molecule has 33 heavy (non-hydrogen) atoms. The molecule has 0 spiro atoms. The van der Waals surface area contributed by atoms with Crippen molar-refractivity contribution in [3.8, 4) is 0 Å². The Bertz CT molecular complexity index is 1120. The van der Waals surface area contributed by atoms with E-state index in [0.717, 1.165) is 50.1 Å². The maximum atomic E-state index is 13.5. The fourth-order valence-electron chi connectivity index (χ4n) is 4.28. The van der Waals surface area contributed by atoms with Gasteiger partial charge in [0.25, 0.3) is 15.9 Å². The lowest BCUT2D eigenvalue weighted by molar-refractivity contribution is 0.0697. The third-order valence-corrected chi connectivity index (χ3v) is 8.00. The van der Waals surface area contributed by atoms with Crippen LogP contribution in [-0.2, 0) is 10.0 Å². The van der Waals surface area contributed by atoms with Crippen LogP contribution < -0.4 is 14.9 Å². The second-order valence-corrected chi connectivity index (χ2v) is 10.8. The average Bonchev–Trinajstić information content (AvgIpc) is 2.81. The number of piperidine rings is 1. The molecule has 2 aliphatic rings. The molecule has 0 aliphatic carbocycles. The highest BCUT2D eigenvalue weighted by molar-refractivity contribution is 7.92. The SMILES string of the molecule is Cc1ccc(S(=O)(=O)Nc2cnc(N3CCNCC3)c(C(=O)N3CCC(C)CC3)c2)cc1C. The molecule has 0 unspecified atom stereocenters. The largest absolute Gasteiger partial charge is 0.353 e. The Kier molecular flexibility index (Phi) is 6.90.